The van der Waals surface area contributed by atoms with Crippen LogP contribution >= 0.6 is 0 Å². The molecule has 2 nitrogen and oxygen atoms in total. The van der Waals surface area contributed by atoms with E-state index in [0.29, 0.717) is 6.04 Å². The molecule has 2 fully saturated rings. The van der Waals surface area contributed by atoms with Gasteiger partial charge >= 0.3 is 0 Å². The molecule has 2 heteroatoms. The molecule has 1 N–H and O–H groups in total. The van der Waals surface area contributed by atoms with Crippen molar-refractivity contribution in [1.82, 2.24) is 5.32 Å². The summed E-state index contributed by atoms with van der Waals surface area (Å²) in [6, 6.07) is 1.46. The molecule has 2 aliphatic rings. The molecular weight excluding hydrogens is 138 g/mol. The standard InChI is InChI=1S/C9H17NO/c1-7-2-3-8(4-7)10-9-5-11-6-9/h7-10H,2-6H2,1H3. The van der Waals surface area contributed by atoms with Gasteiger partial charge in [0.2, 0.25) is 0 Å². The fraction of sp³-hybridized carbons (Fsp3) is 1.00. The van der Waals surface area contributed by atoms with E-state index in [9.17, 15) is 0 Å². The lowest BCUT2D eigenvalue weighted by Crippen LogP contribution is -2.49. The summed E-state index contributed by atoms with van der Waals surface area (Å²) in [6.45, 7) is 4.22. The average molecular weight is 155 g/mol. The predicted molar refractivity (Wildman–Crippen MR) is 44.5 cm³/mol. The first kappa shape index (κ1) is 7.56. The van der Waals surface area contributed by atoms with E-state index >= 15 is 0 Å². The molecule has 2 rings (SSSR count). The van der Waals surface area contributed by atoms with E-state index in [1.54, 1.807) is 0 Å². The maximum Gasteiger partial charge on any atom is 0.0643 e. The minimum absolute atomic E-state index is 0.672. The second-order valence-electron chi connectivity index (χ2n) is 4.02. The number of nitrogens with one attached hydrogen (secondary N) is 1. The summed E-state index contributed by atoms with van der Waals surface area (Å²) in [4.78, 5) is 0. The smallest absolute Gasteiger partial charge is 0.0643 e. The average Bonchev–Trinajstić information content (AvgIpc) is 2.27. The fourth-order valence-electron chi connectivity index (χ4n) is 2.02. The number of hydrogen-bond acceptors (Lipinski definition) is 2. The Balaban J connectivity index is 1.70. The summed E-state index contributed by atoms with van der Waals surface area (Å²) in [5.74, 6) is 0.938. The van der Waals surface area contributed by atoms with Crippen LogP contribution in [0.5, 0.6) is 0 Å². The summed E-state index contributed by atoms with van der Waals surface area (Å²) in [7, 11) is 0. The van der Waals surface area contributed by atoms with Gasteiger partial charge in [0, 0.05) is 6.04 Å². The van der Waals surface area contributed by atoms with Gasteiger partial charge in [0.15, 0.2) is 0 Å². The van der Waals surface area contributed by atoms with Crippen molar-refractivity contribution in [2.45, 2.75) is 38.3 Å². The molecule has 0 aromatic rings. The van der Waals surface area contributed by atoms with Gasteiger partial charge in [0.1, 0.15) is 0 Å². The van der Waals surface area contributed by atoms with Crippen LogP contribution in [0.15, 0.2) is 0 Å². The van der Waals surface area contributed by atoms with Crippen LogP contribution in [0.25, 0.3) is 0 Å². The molecule has 0 bridgehead atoms. The van der Waals surface area contributed by atoms with Crippen LogP contribution in [0.4, 0.5) is 0 Å². The van der Waals surface area contributed by atoms with Crippen LogP contribution in [0.2, 0.25) is 0 Å². The minimum atomic E-state index is 0.672. The second-order valence-corrected chi connectivity index (χ2v) is 4.02. The Hall–Kier alpha value is -0.0800. The van der Waals surface area contributed by atoms with Crippen molar-refractivity contribution in [1.29, 1.82) is 0 Å². The lowest BCUT2D eigenvalue weighted by atomic mass is 10.1. The first-order chi connectivity index (χ1) is 5.34. The minimum Gasteiger partial charge on any atom is -0.378 e. The maximum atomic E-state index is 5.11. The molecule has 1 saturated heterocycles. The van der Waals surface area contributed by atoms with Crippen molar-refractivity contribution in [2.75, 3.05) is 13.2 Å². The number of hydrogen-bond donors (Lipinski definition) is 1. The maximum absolute atomic E-state index is 5.11. The molecule has 0 amide bonds. The van der Waals surface area contributed by atoms with E-state index < -0.39 is 0 Å². The Morgan fingerprint density at radius 3 is 2.45 bits per heavy atom. The molecule has 64 valence electrons. The van der Waals surface area contributed by atoms with Crippen LogP contribution in [0.1, 0.15) is 26.2 Å². The van der Waals surface area contributed by atoms with Crippen molar-refractivity contribution in [3.63, 3.8) is 0 Å². The first-order valence-electron chi connectivity index (χ1n) is 4.68. The zero-order chi connectivity index (χ0) is 7.68. The summed E-state index contributed by atoms with van der Waals surface area (Å²) in [5, 5.41) is 3.62. The third-order valence-corrected chi connectivity index (χ3v) is 2.80. The van der Waals surface area contributed by atoms with Crippen LogP contribution in [0.3, 0.4) is 0 Å². The van der Waals surface area contributed by atoms with Crippen molar-refractivity contribution < 1.29 is 4.74 Å². The molecule has 1 saturated carbocycles. The van der Waals surface area contributed by atoms with E-state index in [2.05, 4.69) is 12.2 Å². The van der Waals surface area contributed by atoms with E-state index in [4.69, 9.17) is 4.74 Å². The molecule has 11 heavy (non-hydrogen) atoms. The van der Waals surface area contributed by atoms with Crippen LogP contribution in [-0.4, -0.2) is 25.3 Å². The quantitative estimate of drug-likeness (QED) is 0.646. The van der Waals surface area contributed by atoms with Gasteiger partial charge in [0.25, 0.3) is 0 Å². The molecule has 1 aliphatic carbocycles. The van der Waals surface area contributed by atoms with Gasteiger partial charge in [-0.25, -0.2) is 0 Å². The third-order valence-electron chi connectivity index (χ3n) is 2.80. The normalized spacial score (nSPS) is 39.0. The van der Waals surface area contributed by atoms with Crippen molar-refractivity contribution in [2.24, 2.45) is 5.92 Å². The highest BCUT2D eigenvalue weighted by molar-refractivity contribution is 4.84. The Morgan fingerprint density at radius 2 is 2.00 bits per heavy atom. The zero-order valence-corrected chi connectivity index (χ0v) is 7.18. The molecule has 0 radical (unpaired) electrons. The Labute approximate surface area is 68.3 Å². The van der Waals surface area contributed by atoms with Gasteiger partial charge in [-0.15, -0.1) is 0 Å². The Morgan fingerprint density at radius 1 is 1.18 bits per heavy atom. The number of rotatable bonds is 2. The van der Waals surface area contributed by atoms with E-state index in [-0.39, 0.29) is 0 Å². The first-order valence-corrected chi connectivity index (χ1v) is 4.68. The molecule has 1 aliphatic heterocycles. The largest absolute Gasteiger partial charge is 0.378 e. The highest BCUT2D eigenvalue weighted by Crippen LogP contribution is 2.25. The van der Waals surface area contributed by atoms with Gasteiger partial charge in [-0.2, -0.15) is 0 Å². The van der Waals surface area contributed by atoms with Crippen LogP contribution < -0.4 is 5.32 Å². The molecule has 0 aromatic carbocycles. The SMILES string of the molecule is CC1CCC(NC2COC2)C1. The lowest BCUT2D eigenvalue weighted by molar-refractivity contribution is -0.00979. The van der Waals surface area contributed by atoms with Gasteiger partial charge in [-0.3, -0.25) is 0 Å². The van der Waals surface area contributed by atoms with Crippen LogP contribution in [-0.2, 0) is 4.74 Å². The van der Waals surface area contributed by atoms with Crippen LogP contribution in [0, 0.1) is 5.92 Å². The Bertz CT molecular complexity index is 134. The van der Waals surface area contributed by atoms with Gasteiger partial charge in [-0.1, -0.05) is 6.92 Å². The third kappa shape index (κ3) is 1.74. The molecule has 1 heterocycles. The van der Waals surface area contributed by atoms with Crippen molar-refractivity contribution in [3.05, 3.63) is 0 Å². The number of ether oxygens (including phenoxy) is 1. The molecular formula is C9H17NO. The van der Waals surface area contributed by atoms with Gasteiger partial charge in [0.05, 0.1) is 19.3 Å². The van der Waals surface area contributed by atoms with E-state index in [1.165, 1.54) is 19.3 Å². The van der Waals surface area contributed by atoms with E-state index in [1.807, 2.05) is 0 Å². The lowest BCUT2D eigenvalue weighted by Gasteiger charge is -2.30. The molecule has 2 atom stereocenters. The van der Waals surface area contributed by atoms with Crippen molar-refractivity contribution >= 4 is 0 Å². The van der Waals surface area contributed by atoms with Gasteiger partial charge < -0.3 is 10.1 Å². The highest BCUT2D eigenvalue weighted by Gasteiger charge is 2.26. The fourth-order valence-corrected chi connectivity index (χ4v) is 2.02. The zero-order valence-electron chi connectivity index (χ0n) is 7.18. The summed E-state index contributed by atoms with van der Waals surface area (Å²) in [6.07, 6.45) is 4.15. The van der Waals surface area contributed by atoms with E-state index in [0.717, 1.165) is 25.2 Å². The van der Waals surface area contributed by atoms with Crippen molar-refractivity contribution in [3.8, 4) is 0 Å². The second kappa shape index (κ2) is 3.11. The predicted octanol–water partition coefficient (Wildman–Crippen LogP) is 1.16. The monoisotopic (exact) mass is 155 g/mol. The Kier molecular flexibility index (Phi) is 2.14. The highest BCUT2D eigenvalue weighted by atomic mass is 16.5. The summed E-state index contributed by atoms with van der Waals surface area (Å²) in [5.41, 5.74) is 0. The van der Waals surface area contributed by atoms with Gasteiger partial charge in [-0.05, 0) is 25.2 Å². The topological polar surface area (TPSA) is 21.3 Å². The summed E-state index contributed by atoms with van der Waals surface area (Å²) < 4.78 is 5.11. The summed E-state index contributed by atoms with van der Waals surface area (Å²) >= 11 is 0. The molecule has 0 spiro atoms. The molecule has 2 unspecified atom stereocenters. The molecule has 0 aromatic heterocycles.